The molecule has 0 aromatic heterocycles. The summed E-state index contributed by atoms with van der Waals surface area (Å²) in [5.41, 5.74) is 4.60. The number of anilines is 1. The fourth-order valence-electron chi connectivity index (χ4n) is 2.24. The van der Waals surface area contributed by atoms with Crippen LogP contribution >= 0.6 is 15.9 Å². The number of hydrogen-bond acceptors (Lipinski definition) is 1. The SMILES string of the molecule is Cc1ccc(N(C)Cc2cccc(F)c2Br)c(C)c1. The standard InChI is InChI=1S/C16H17BrFN/c1-11-7-8-15(12(2)9-11)19(3)10-13-5-4-6-14(18)16(13)17/h4-9H,10H2,1-3H3. The Morgan fingerprint density at radius 2 is 1.89 bits per heavy atom. The van der Waals surface area contributed by atoms with Crippen molar-refractivity contribution in [3.63, 3.8) is 0 Å². The van der Waals surface area contributed by atoms with E-state index in [1.54, 1.807) is 6.07 Å². The van der Waals surface area contributed by atoms with Gasteiger partial charge in [-0.2, -0.15) is 0 Å². The second-order valence-electron chi connectivity index (χ2n) is 4.86. The highest BCUT2D eigenvalue weighted by molar-refractivity contribution is 9.10. The summed E-state index contributed by atoms with van der Waals surface area (Å²) in [7, 11) is 2.02. The maximum Gasteiger partial charge on any atom is 0.137 e. The average molecular weight is 322 g/mol. The molecule has 100 valence electrons. The van der Waals surface area contributed by atoms with E-state index < -0.39 is 0 Å². The first-order valence-electron chi connectivity index (χ1n) is 6.20. The van der Waals surface area contributed by atoms with E-state index in [0.717, 1.165) is 5.56 Å². The van der Waals surface area contributed by atoms with Crippen molar-refractivity contribution in [3.8, 4) is 0 Å². The second kappa shape index (κ2) is 5.74. The molecule has 2 aromatic rings. The summed E-state index contributed by atoms with van der Waals surface area (Å²) in [5, 5.41) is 0. The van der Waals surface area contributed by atoms with E-state index in [4.69, 9.17) is 0 Å². The topological polar surface area (TPSA) is 3.24 Å². The zero-order chi connectivity index (χ0) is 14.0. The summed E-state index contributed by atoms with van der Waals surface area (Å²) in [6, 6.07) is 11.5. The lowest BCUT2D eigenvalue weighted by Crippen LogP contribution is -2.18. The lowest BCUT2D eigenvalue weighted by Gasteiger charge is -2.22. The molecule has 0 aliphatic rings. The van der Waals surface area contributed by atoms with Gasteiger partial charge in [-0.25, -0.2) is 4.39 Å². The molecule has 0 fully saturated rings. The van der Waals surface area contributed by atoms with Crippen LogP contribution in [-0.4, -0.2) is 7.05 Å². The fraction of sp³-hybridized carbons (Fsp3) is 0.250. The molecular formula is C16H17BrFN. The Bertz CT molecular complexity index is 595. The van der Waals surface area contributed by atoms with Crippen LogP contribution in [0.4, 0.5) is 10.1 Å². The maximum atomic E-state index is 13.5. The highest BCUT2D eigenvalue weighted by Gasteiger charge is 2.10. The molecule has 0 saturated heterocycles. The van der Waals surface area contributed by atoms with Gasteiger partial charge in [-0.1, -0.05) is 29.8 Å². The first-order valence-corrected chi connectivity index (χ1v) is 6.99. The predicted octanol–water partition coefficient (Wildman–Crippen LogP) is 4.84. The molecule has 0 heterocycles. The predicted molar refractivity (Wildman–Crippen MR) is 82.1 cm³/mol. The Labute approximate surface area is 122 Å². The van der Waals surface area contributed by atoms with Crippen LogP contribution in [-0.2, 0) is 6.54 Å². The Kier molecular flexibility index (Phi) is 4.25. The molecule has 2 aromatic carbocycles. The Morgan fingerprint density at radius 1 is 1.16 bits per heavy atom. The van der Waals surface area contributed by atoms with Crippen LogP contribution in [0.2, 0.25) is 0 Å². The van der Waals surface area contributed by atoms with Crippen molar-refractivity contribution >= 4 is 21.6 Å². The zero-order valence-corrected chi connectivity index (χ0v) is 13.0. The highest BCUT2D eigenvalue weighted by Crippen LogP contribution is 2.25. The first kappa shape index (κ1) is 14.1. The number of halogens is 2. The number of rotatable bonds is 3. The molecule has 0 bridgehead atoms. The number of nitrogens with zero attached hydrogens (tertiary/aromatic N) is 1. The maximum absolute atomic E-state index is 13.5. The van der Waals surface area contributed by atoms with Gasteiger partial charge in [0.15, 0.2) is 0 Å². The molecule has 0 aliphatic carbocycles. The Balaban J connectivity index is 2.25. The minimum absolute atomic E-state index is 0.216. The van der Waals surface area contributed by atoms with E-state index in [1.807, 2.05) is 13.1 Å². The lowest BCUT2D eigenvalue weighted by molar-refractivity contribution is 0.617. The van der Waals surface area contributed by atoms with Gasteiger partial charge >= 0.3 is 0 Å². The summed E-state index contributed by atoms with van der Waals surface area (Å²) >= 11 is 3.31. The fourth-order valence-corrected chi connectivity index (χ4v) is 2.63. The second-order valence-corrected chi connectivity index (χ2v) is 5.65. The van der Waals surface area contributed by atoms with E-state index in [2.05, 4.69) is 52.9 Å². The summed E-state index contributed by atoms with van der Waals surface area (Å²) in [6.07, 6.45) is 0. The molecule has 0 saturated carbocycles. The smallest absolute Gasteiger partial charge is 0.137 e. The third-order valence-corrected chi connectivity index (χ3v) is 4.09. The van der Waals surface area contributed by atoms with Gasteiger partial charge in [0, 0.05) is 19.3 Å². The van der Waals surface area contributed by atoms with Gasteiger partial charge in [-0.3, -0.25) is 0 Å². The van der Waals surface area contributed by atoms with Gasteiger partial charge in [-0.15, -0.1) is 0 Å². The van der Waals surface area contributed by atoms with Crippen molar-refractivity contribution < 1.29 is 4.39 Å². The van der Waals surface area contributed by atoms with E-state index >= 15 is 0 Å². The van der Waals surface area contributed by atoms with E-state index in [9.17, 15) is 4.39 Å². The molecule has 0 spiro atoms. The number of hydrogen-bond donors (Lipinski definition) is 0. The number of aryl methyl sites for hydroxylation is 2. The van der Waals surface area contributed by atoms with Crippen LogP contribution < -0.4 is 4.90 Å². The molecular weight excluding hydrogens is 305 g/mol. The molecule has 1 nitrogen and oxygen atoms in total. The molecule has 2 rings (SSSR count). The molecule has 0 N–H and O–H groups in total. The minimum atomic E-state index is -0.216. The number of benzene rings is 2. The molecule has 19 heavy (non-hydrogen) atoms. The molecule has 3 heteroatoms. The Morgan fingerprint density at radius 3 is 2.58 bits per heavy atom. The summed E-state index contributed by atoms with van der Waals surface area (Å²) < 4.78 is 14.0. The van der Waals surface area contributed by atoms with Crippen LogP contribution in [0.15, 0.2) is 40.9 Å². The average Bonchev–Trinajstić information content (AvgIpc) is 2.34. The Hall–Kier alpha value is -1.35. The van der Waals surface area contributed by atoms with Gasteiger partial charge < -0.3 is 4.90 Å². The van der Waals surface area contributed by atoms with E-state index in [0.29, 0.717) is 11.0 Å². The third kappa shape index (κ3) is 3.16. The van der Waals surface area contributed by atoms with Gasteiger partial charge in [0.2, 0.25) is 0 Å². The van der Waals surface area contributed by atoms with Gasteiger partial charge in [0.05, 0.1) is 4.47 Å². The van der Waals surface area contributed by atoms with Crippen molar-refractivity contribution in [2.75, 3.05) is 11.9 Å². The van der Waals surface area contributed by atoms with Gasteiger partial charge in [0.25, 0.3) is 0 Å². The molecule has 0 amide bonds. The largest absolute Gasteiger partial charge is 0.370 e. The van der Waals surface area contributed by atoms with Gasteiger partial charge in [-0.05, 0) is 53.0 Å². The van der Waals surface area contributed by atoms with Crippen molar-refractivity contribution in [3.05, 3.63) is 63.4 Å². The summed E-state index contributed by atoms with van der Waals surface area (Å²) in [5.74, 6) is -0.216. The zero-order valence-electron chi connectivity index (χ0n) is 11.4. The highest BCUT2D eigenvalue weighted by atomic mass is 79.9. The monoisotopic (exact) mass is 321 g/mol. The van der Waals surface area contributed by atoms with Crippen LogP contribution in [0.25, 0.3) is 0 Å². The van der Waals surface area contributed by atoms with Crippen LogP contribution in [0.3, 0.4) is 0 Å². The normalized spacial score (nSPS) is 10.6. The minimum Gasteiger partial charge on any atom is -0.370 e. The molecule has 0 unspecified atom stereocenters. The van der Waals surface area contributed by atoms with E-state index in [-0.39, 0.29) is 5.82 Å². The first-order chi connectivity index (χ1) is 8.99. The molecule has 0 radical (unpaired) electrons. The van der Waals surface area contributed by atoms with Crippen LogP contribution in [0, 0.1) is 19.7 Å². The van der Waals surface area contributed by atoms with Crippen LogP contribution in [0.1, 0.15) is 16.7 Å². The summed E-state index contributed by atoms with van der Waals surface area (Å²) in [6.45, 7) is 4.85. The van der Waals surface area contributed by atoms with Crippen LogP contribution in [0.5, 0.6) is 0 Å². The van der Waals surface area contributed by atoms with Crippen molar-refractivity contribution in [1.29, 1.82) is 0 Å². The molecule has 0 atom stereocenters. The quantitative estimate of drug-likeness (QED) is 0.781. The summed E-state index contributed by atoms with van der Waals surface area (Å²) in [4.78, 5) is 2.13. The van der Waals surface area contributed by atoms with E-state index in [1.165, 1.54) is 22.9 Å². The van der Waals surface area contributed by atoms with Gasteiger partial charge in [0.1, 0.15) is 5.82 Å². The lowest BCUT2D eigenvalue weighted by atomic mass is 10.1. The van der Waals surface area contributed by atoms with Crippen molar-refractivity contribution in [2.24, 2.45) is 0 Å². The molecule has 0 aliphatic heterocycles. The van der Waals surface area contributed by atoms with Crippen molar-refractivity contribution in [2.45, 2.75) is 20.4 Å². The third-order valence-electron chi connectivity index (χ3n) is 3.20. The van der Waals surface area contributed by atoms with Crippen molar-refractivity contribution in [1.82, 2.24) is 0 Å².